The van der Waals surface area contributed by atoms with Crippen LogP contribution in [0.1, 0.15) is 32.5 Å². The Balaban J connectivity index is 2.02. The van der Waals surface area contributed by atoms with Crippen LogP contribution in [0.5, 0.6) is 0 Å². The average Bonchev–Trinajstić information content (AvgIpc) is 2.83. The maximum absolute atomic E-state index is 11.7. The second-order valence-corrected chi connectivity index (χ2v) is 6.05. The first-order valence-corrected chi connectivity index (χ1v) is 8.00. The molecule has 1 heterocycles. The molecule has 0 aliphatic rings. The largest absolute Gasteiger partial charge is 0.393 e. The first-order valence-electron chi connectivity index (χ1n) is 8.00. The average molecular weight is 315 g/mol. The lowest BCUT2D eigenvalue weighted by atomic mass is 10.2. The molecule has 1 unspecified atom stereocenters. The lowest BCUT2D eigenvalue weighted by Crippen LogP contribution is -2.27. The summed E-state index contributed by atoms with van der Waals surface area (Å²) in [7, 11) is 0. The second kappa shape index (κ2) is 7.92. The highest BCUT2D eigenvalue weighted by Crippen LogP contribution is 2.17. The van der Waals surface area contributed by atoms with Gasteiger partial charge in [0.25, 0.3) is 0 Å². The maximum atomic E-state index is 11.7. The van der Waals surface area contributed by atoms with Crippen LogP contribution in [0.25, 0.3) is 11.0 Å². The molecule has 0 saturated carbocycles. The summed E-state index contributed by atoms with van der Waals surface area (Å²) in [5.74, 6) is 0.915. The van der Waals surface area contributed by atoms with Crippen molar-refractivity contribution in [3.63, 3.8) is 0 Å². The predicted octanol–water partition coefficient (Wildman–Crippen LogP) is 2.43. The molecule has 2 aromatic rings. The Morgan fingerprint density at radius 2 is 2.17 bits per heavy atom. The monoisotopic (exact) mass is 315 g/mol. The van der Waals surface area contributed by atoms with Crippen LogP contribution < -0.4 is 5.32 Å². The number of aliphatic hydroxyl groups excluding tert-OH is 1. The van der Waals surface area contributed by atoms with Crippen molar-refractivity contribution in [2.75, 3.05) is 6.54 Å². The number of carbonyl (C=O) groups is 1. The van der Waals surface area contributed by atoms with E-state index in [4.69, 9.17) is 0 Å². The van der Waals surface area contributed by atoms with Crippen LogP contribution in [0.3, 0.4) is 0 Å². The van der Waals surface area contributed by atoms with Crippen molar-refractivity contribution in [2.45, 2.75) is 45.8 Å². The van der Waals surface area contributed by atoms with E-state index in [9.17, 15) is 9.90 Å². The van der Waals surface area contributed by atoms with Gasteiger partial charge in [0.15, 0.2) is 0 Å². The number of rotatable bonds is 8. The molecule has 5 nitrogen and oxygen atoms in total. The number of hydrogen-bond donors (Lipinski definition) is 2. The van der Waals surface area contributed by atoms with E-state index in [0.717, 1.165) is 29.0 Å². The number of imidazole rings is 1. The summed E-state index contributed by atoms with van der Waals surface area (Å²) in [6, 6.07) is 8.02. The minimum atomic E-state index is -0.444. The van der Waals surface area contributed by atoms with Crippen molar-refractivity contribution in [1.82, 2.24) is 14.9 Å². The van der Waals surface area contributed by atoms with Crippen molar-refractivity contribution >= 4 is 16.9 Å². The van der Waals surface area contributed by atoms with Crippen LogP contribution in [-0.2, 0) is 17.8 Å². The zero-order chi connectivity index (χ0) is 16.8. The Bertz CT molecular complexity index is 689. The van der Waals surface area contributed by atoms with Crippen LogP contribution in [0, 0.1) is 0 Å². The molecule has 1 aromatic carbocycles. The summed E-state index contributed by atoms with van der Waals surface area (Å²) in [6.07, 6.45) is 1.06. The second-order valence-electron chi connectivity index (χ2n) is 6.05. The summed E-state index contributed by atoms with van der Waals surface area (Å²) in [4.78, 5) is 16.4. The number of aliphatic hydroxyl groups is 1. The third-order valence-corrected chi connectivity index (χ3v) is 3.62. The Labute approximate surface area is 137 Å². The Hall–Kier alpha value is -2.14. The molecule has 5 heteroatoms. The lowest BCUT2D eigenvalue weighted by molar-refractivity contribution is -0.121. The smallest absolute Gasteiger partial charge is 0.220 e. The highest BCUT2D eigenvalue weighted by molar-refractivity contribution is 5.76. The van der Waals surface area contributed by atoms with E-state index in [-0.39, 0.29) is 5.91 Å². The summed E-state index contributed by atoms with van der Waals surface area (Å²) >= 11 is 0. The van der Waals surface area contributed by atoms with Crippen molar-refractivity contribution in [1.29, 1.82) is 0 Å². The molecule has 0 spiro atoms. The number of nitrogens with zero attached hydrogens (tertiary/aromatic N) is 2. The quantitative estimate of drug-likeness (QED) is 0.735. The van der Waals surface area contributed by atoms with Gasteiger partial charge in [0.05, 0.1) is 17.1 Å². The van der Waals surface area contributed by atoms with Gasteiger partial charge in [-0.25, -0.2) is 4.98 Å². The molecule has 0 aliphatic heterocycles. The number of hydrogen-bond acceptors (Lipinski definition) is 3. The summed E-state index contributed by atoms with van der Waals surface area (Å²) < 4.78 is 2.15. The lowest BCUT2D eigenvalue weighted by Gasteiger charge is -2.10. The van der Waals surface area contributed by atoms with Gasteiger partial charge in [0, 0.05) is 25.9 Å². The normalized spacial score (nSPS) is 12.3. The number of fused-ring (bicyclic) bond motifs is 1. The van der Waals surface area contributed by atoms with Gasteiger partial charge in [-0.15, -0.1) is 0 Å². The van der Waals surface area contributed by atoms with Crippen LogP contribution in [0.2, 0.25) is 0 Å². The first-order chi connectivity index (χ1) is 11.0. The molecule has 23 heavy (non-hydrogen) atoms. The number of amides is 1. The fraction of sp³-hybridized carbons (Fsp3) is 0.444. The van der Waals surface area contributed by atoms with Crippen LogP contribution in [-0.4, -0.2) is 33.2 Å². The van der Waals surface area contributed by atoms with E-state index >= 15 is 0 Å². The molecule has 0 aliphatic carbocycles. The zero-order valence-corrected chi connectivity index (χ0v) is 13.9. The Morgan fingerprint density at radius 1 is 1.43 bits per heavy atom. The highest BCUT2D eigenvalue weighted by Gasteiger charge is 2.11. The van der Waals surface area contributed by atoms with E-state index in [1.807, 2.05) is 25.1 Å². The predicted molar refractivity (Wildman–Crippen MR) is 92.2 cm³/mol. The van der Waals surface area contributed by atoms with Crippen LogP contribution >= 0.6 is 0 Å². The van der Waals surface area contributed by atoms with E-state index in [2.05, 4.69) is 27.5 Å². The van der Waals surface area contributed by atoms with Gasteiger partial charge in [-0.1, -0.05) is 24.3 Å². The minimum absolute atomic E-state index is 0.0338. The number of para-hydroxylation sites is 2. The maximum Gasteiger partial charge on any atom is 0.220 e. The van der Waals surface area contributed by atoms with Crippen LogP contribution in [0.15, 0.2) is 36.4 Å². The molecule has 1 amide bonds. The molecular formula is C18H25N3O2. The number of carbonyl (C=O) groups excluding carboxylic acids is 1. The van der Waals surface area contributed by atoms with Gasteiger partial charge in [-0.05, 0) is 32.4 Å². The molecule has 0 bridgehead atoms. The fourth-order valence-corrected chi connectivity index (χ4v) is 2.50. The zero-order valence-electron chi connectivity index (χ0n) is 13.9. The third kappa shape index (κ3) is 4.93. The molecule has 1 atom stereocenters. The number of allylic oxidation sites excluding steroid dienone is 1. The van der Waals surface area contributed by atoms with Crippen molar-refractivity contribution < 1.29 is 9.90 Å². The van der Waals surface area contributed by atoms with Crippen LogP contribution in [0.4, 0.5) is 0 Å². The van der Waals surface area contributed by atoms with E-state index < -0.39 is 6.10 Å². The fourth-order valence-electron chi connectivity index (χ4n) is 2.50. The van der Waals surface area contributed by atoms with Crippen molar-refractivity contribution in [3.05, 3.63) is 42.2 Å². The molecule has 1 aromatic heterocycles. The summed E-state index contributed by atoms with van der Waals surface area (Å²) in [5.41, 5.74) is 3.12. The number of benzene rings is 1. The number of aromatic nitrogens is 2. The molecule has 124 valence electrons. The number of nitrogens with one attached hydrogen (secondary N) is 1. The standard InChI is InChI=1S/C18H25N3O2/c1-13(2)12-21-16-7-5-4-6-15(16)20-17(21)10-11-19-18(23)9-8-14(3)22/h4-7,14,22H,1,8-12H2,2-3H3,(H,19,23). The van der Waals surface area contributed by atoms with Gasteiger partial charge < -0.3 is 15.0 Å². The summed E-state index contributed by atoms with van der Waals surface area (Å²) in [6.45, 7) is 8.94. The van der Waals surface area contributed by atoms with E-state index in [1.165, 1.54) is 0 Å². The molecule has 0 saturated heterocycles. The van der Waals surface area contributed by atoms with Gasteiger partial charge in [0.1, 0.15) is 5.82 Å². The Morgan fingerprint density at radius 3 is 2.87 bits per heavy atom. The topological polar surface area (TPSA) is 67.2 Å². The van der Waals surface area contributed by atoms with E-state index in [1.54, 1.807) is 6.92 Å². The first kappa shape index (κ1) is 17.2. The Kier molecular flexibility index (Phi) is 5.93. The molecule has 0 radical (unpaired) electrons. The molecular weight excluding hydrogens is 290 g/mol. The highest BCUT2D eigenvalue weighted by atomic mass is 16.3. The van der Waals surface area contributed by atoms with Gasteiger partial charge >= 0.3 is 0 Å². The molecule has 2 N–H and O–H groups in total. The summed E-state index contributed by atoms with van der Waals surface area (Å²) in [5, 5.41) is 12.1. The van der Waals surface area contributed by atoms with E-state index in [0.29, 0.717) is 25.8 Å². The SMILES string of the molecule is C=C(C)Cn1c(CCNC(=O)CCC(C)O)nc2ccccc21. The van der Waals surface area contributed by atoms with Gasteiger partial charge in [-0.2, -0.15) is 0 Å². The molecule has 2 rings (SSSR count). The molecule has 0 fully saturated rings. The van der Waals surface area contributed by atoms with Crippen molar-refractivity contribution in [2.24, 2.45) is 0 Å². The minimum Gasteiger partial charge on any atom is -0.393 e. The third-order valence-electron chi connectivity index (χ3n) is 3.62. The van der Waals surface area contributed by atoms with Gasteiger partial charge in [0.2, 0.25) is 5.91 Å². The van der Waals surface area contributed by atoms with Gasteiger partial charge in [-0.3, -0.25) is 4.79 Å². The van der Waals surface area contributed by atoms with Crippen molar-refractivity contribution in [3.8, 4) is 0 Å².